The van der Waals surface area contributed by atoms with Crippen LogP contribution < -0.4 is 10.3 Å². The van der Waals surface area contributed by atoms with Gasteiger partial charge in [-0.3, -0.25) is 9.36 Å². The third-order valence-electron chi connectivity index (χ3n) is 5.20. The molecule has 2 atom stereocenters. The van der Waals surface area contributed by atoms with Gasteiger partial charge in [-0.1, -0.05) is 24.6 Å². The van der Waals surface area contributed by atoms with Crippen molar-refractivity contribution in [1.29, 1.82) is 5.26 Å². The normalized spacial score (nSPS) is 18.1. The quantitative estimate of drug-likeness (QED) is 0.530. The predicted octanol–water partition coefficient (Wildman–Crippen LogP) is 4.55. The van der Waals surface area contributed by atoms with E-state index >= 15 is 0 Å². The van der Waals surface area contributed by atoms with Crippen molar-refractivity contribution in [3.8, 4) is 17.6 Å². The van der Waals surface area contributed by atoms with Crippen molar-refractivity contribution in [1.82, 2.24) is 9.55 Å². The van der Waals surface area contributed by atoms with Crippen molar-refractivity contribution in [3.63, 3.8) is 0 Å². The number of hydrogen-bond acceptors (Lipinski definition) is 7. The number of nitriles is 1. The maximum absolute atomic E-state index is 13.6. The van der Waals surface area contributed by atoms with Crippen LogP contribution in [-0.4, -0.2) is 34.9 Å². The van der Waals surface area contributed by atoms with Crippen LogP contribution in [0.5, 0.6) is 11.5 Å². The van der Waals surface area contributed by atoms with E-state index in [2.05, 4.69) is 9.98 Å². The number of ether oxygens (including phenoxy) is 2. The zero-order valence-corrected chi connectivity index (χ0v) is 19.4. The van der Waals surface area contributed by atoms with Gasteiger partial charge in [0, 0.05) is 16.5 Å². The molecule has 35 heavy (non-hydrogen) atoms. The van der Waals surface area contributed by atoms with Gasteiger partial charge in [-0.15, -0.1) is 0 Å². The van der Waals surface area contributed by atoms with Crippen molar-refractivity contribution < 1.29 is 27.4 Å². The summed E-state index contributed by atoms with van der Waals surface area (Å²) in [5.41, 5.74) is -2.31. The minimum Gasteiger partial charge on any atom is -0.481 e. The lowest BCUT2D eigenvalue weighted by molar-refractivity contribution is -0.142. The molecule has 8 nitrogen and oxygen atoms in total. The highest BCUT2D eigenvalue weighted by Gasteiger charge is 2.39. The van der Waals surface area contributed by atoms with Gasteiger partial charge in [-0.05, 0) is 31.0 Å². The lowest BCUT2D eigenvalue weighted by Gasteiger charge is -2.16. The molecule has 0 saturated carbocycles. The zero-order valence-electron chi connectivity index (χ0n) is 18.7. The van der Waals surface area contributed by atoms with Gasteiger partial charge < -0.3 is 14.3 Å². The number of carbonyl (C=O) groups excluding carboxylic acids is 1. The number of hydrogen-bond donors (Lipinski definition) is 0. The largest absolute Gasteiger partial charge is 0.481 e. The number of rotatable bonds is 6. The van der Waals surface area contributed by atoms with Crippen LogP contribution in [0.25, 0.3) is 0 Å². The molecular formula is C23H20ClF3N4O4. The van der Waals surface area contributed by atoms with Gasteiger partial charge in [0.2, 0.25) is 11.6 Å². The molecular weight excluding hydrogens is 489 g/mol. The first-order valence-corrected chi connectivity index (χ1v) is 10.8. The van der Waals surface area contributed by atoms with Crippen molar-refractivity contribution >= 4 is 23.8 Å². The second-order valence-electron chi connectivity index (χ2n) is 7.67. The van der Waals surface area contributed by atoms with Crippen molar-refractivity contribution in [3.05, 3.63) is 62.8 Å². The first kappa shape index (κ1) is 26.0. The molecule has 0 bridgehead atoms. The number of aldehydes is 1. The SMILES string of the molecule is CCC1CC(C=O)C=C(Cn2cnc(C(F)(F)F)c(Oc3cc(Cl)cc(C#N)c3)c2=O)C(OC)=N1. The van der Waals surface area contributed by atoms with Crippen LogP contribution in [0.15, 0.2) is 46.0 Å². The highest BCUT2D eigenvalue weighted by molar-refractivity contribution is 6.30. The molecule has 0 aliphatic carbocycles. The summed E-state index contributed by atoms with van der Waals surface area (Å²) in [6.07, 6.45) is -0.870. The Balaban J connectivity index is 2.10. The summed E-state index contributed by atoms with van der Waals surface area (Å²) < 4.78 is 52.4. The molecule has 2 unspecified atom stereocenters. The van der Waals surface area contributed by atoms with Crippen molar-refractivity contribution in [2.45, 2.75) is 38.5 Å². The van der Waals surface area contributed by atoms with Gasteiger partial charge in [0.25, 0.3) is 5.56 Å². The van der Waals surface area contributed by atoms with Crippen LogP contribution in [0.3, 0.4) is 0 Å². The average molecular weight is 509 g/mol. The molecule has 0 fully saturated rings. The van der Waals surface area contributed by atoms with E-state index in [1.807, 2.05) is 6.92 Å². The second kappa shape index (κ2) is 10.7. The van der Waals surface area contributed by atoms with Crippen LogP contribution in [0.4, 0.5) is 13.2 Å². The maximum Gasteiger partial charge on any atom is 0.437 e. The lowest BCUT2D eigenvalue weighted by atomic mass is 9.99. The van der Waals surface area contributed by atoms with Crippen molar-refractivity contribution in [2.24, 2.45) is 10.9 Å². The molecule has 0 radical (unpaired) electrons. The Morgan fingerprint density at radius 1 is 1.34 bits per heavy atom. The highest BCUT2D eigenvalue weighted by Crippen LogP contribution is 2.35. The summed E-state index contributed by atoms with van der Waals surface area (Å²) in [5.74, 6) is -1.68. The molecule has 1 aromatic heterocycles. The zero-order chi connectivity index (χ0) is 25.8. The topological polar surface area (TPSA) is 107 Å². The summed E-state index contributed by atoms with van der Waals surface area (Å²) in [6, 6.07) is 5.21. The van der Waals surface area contributed by atoms with E-state index in [0.29, 0.717) is 18.4 Å². The van der Waals surface area contributed by atoms with E-state index in [1.165, 1.54) is 19.2 Å². The maximum atomic E-state index is 13.6. The molecule has 1 aromatic carbocycles. The third kappa shape index (κ3) is 6.08. The van der Waals surface area contributed by atoms with Crippen molar-refractivity contribution in [2.75, 3.05) is 7.11 Å². The Hall–Kier alpha value is -3.65. The Morgan fingerprint density at radius 3 is 2.69 bits per heavy atom. The molecule has 3 rings (SSSR count). The van der Waals surface area contributed by atoms with Crippen LogP contribution >= 0.6 is 11.6 Å². The fourth-order valence-electron chi connectivity index (χ4n) is 3.53. The molecule has 184 valence electrons. The molecule has 1 aliphatic heterocycles. The van der Waals surface area contributed by atoms with Gasteiger partial charge in [-0.25, -0.2) is 9.98 Å². The molecule has 1 aliphatic rings. The number of carbonyl (C=O) groups is 1. The first-order valence-electron chi connectivity index (χ1n) is 10.4. The van der Waals surface area contributed by atoms with Gasteiger partial charge >= 0.3 is 6.18 Å². The summed E-state index contributed by atoms with van der Waals surface area (Å²) in [5, 5.41) is 9.12. The fraction of sp³-hybridized carbons (Fsp3) is 0.348. The van der Waals surface area contributed by atoms with Crippen LogP contribution in [-0.2, 0) is 22.3 Å². The van der Waals surface area contributed by atoms with E-state index in [0.717, 1.165) is 23.2 Å². The number of benzene rings is 1. The van der Waals surface area contributed by atoms with Gasteiger partial charge in [0.15, 0.2) is 5.69 Å². The summed E-state index contributed by atoms with van der Waals surface area (Å²) in [4.78, 5) is 32.5. The smallest absolute Gasteiger partial charge is 0.437 e. The van der Waals surface area contributed by atoms with E-state index in [-0.39, 0.29) is 34.8 Å². The second-order valence-corrected chi connectivity index (χ2v) is 8.11. The highest BCUT2D eigenvalue weighted by atomic mass is 35.5. The Morgan fingerprint density at radius 2 is 2.09 bits per heavy atom. The number of nitrogens with zero attached hydrogens (tertiary/aromatic N) is 4. The Bertz CT molecular complexity index is 1280. The van der Waals surface area contributed by atoms with E-state index in [9.17, 15) is 22.8 Å². The number of aliphatic imine (C=N–C) groups is 1. The number of methoxy groups -OCH3 is 1. The number of aromatic nitrogens is 2. The van der Waals surface area contributed by atoms with Gasteiger partial charge in [0.1, 0.15) is 12.0 Å². The number of alkyl halides is 3. The van der Waals surface area contributed by atoms with Crippen LogP contribution in [0.2, 0.25) is 5.02 Å². The molecule has 2 heterocycles. The fourth-order valence-corrected chi connectivity index (χ4v) is 3.76. The summed E-state index contributed by atoms with van der Waals surface area (Å²) in [7, 11) is 1.37. The standard InChI is InChI=1S/C23H20ClF3N4O4/c1-3-17-6-14(11-32)4-15(21(30-17)34-2)10-31-12-29-20(23(25,26)27)19(22(31)33)35-18-7-13(9-28)5-16(24)8-18/h4-5,7-8,11-12,14,17H,3,6,10H2,1-2H3. The summed E-state index contributed by atoms with van der Waals surface area (Å²) >= 11 is 5.91. The Kier molecular flexibility index (Phi) is 7.96. The molecule has 0 spiro atoms. The number of halogens is 4. The molecule has 2 aromatic rings. The molecule has 12 heteroatoms. The van der Waals surface area contributed by atoms with Crippen LogP contribution in [0.1, 0.15) is 31.0 Å². The minimum absolute atomic E-state index is 0.0280. The molecule has 0 saturated heterocycles. The third-order valence-corrected chi connectivity index (χ3v) is 5.42. The van der Waals surface area contributed by atoms with E-state index in [1.54, 1.807) is 12.1 Å². The molecule has 0 N–H and O–H groups in total. The number of allylic oxidation sites excluding steroid dienone is 1. The molecule has 0 amide bonds. The van der Waals surface area contributed by atoms with E-state index < -0.39 is 29.1 Å². The summed E-state index contributed by atoms with van der Waals surface area (Å²) in [6.45, 7) is 1.63. The first-order chi connectivity index (χ1) is 16.6. The lowest BCUT2D eigenvalue weighted by Crippen LogP contribution is -2.28. The Labute approximate surface area is 203 Å². The average Bonchev–Trinajstić information content (AvgIpc) is 2.99. The van der Waals surface area contributed by atoms with Gasteiger partial charge in [0.05, 0.1) is 37.7 Å². The predicted molar refractivity (Wildman–Crippen MR) is 121 cm³/mol. The monoisotopic (exact) mass is 508 g/mol. The minimum atomic E-state index is -5.00. The van der Waals surface area contributed by atoms with Crippen LogP contribution in [0, 0.1) is 17.2 Å². The van der Waals surface area contributed by atoms with Gasteiger partial charge in [-0.2, -0.15) is 18.4 Å². The van der Waals surface area contributed by atoms with E-state index in [4.69, 9.17) is 26.3 Å².